The van der Waals surface area contributed by atoms with E-state index in [9.17, 15) is 4.79 Å². The van der Waals surface area contributed by atoms with Gasteiger partial charge < -0.3 is 14.5 Å². The normalized spacial score (nSPS) is 22.1. The van der Waals surface area contributed by atoms with E-state index in [1.807, 2.05) is 4.90 Å². The van der Waals surface area contributed by atoms with Crippen molar-refractivity contribution >= 4 is 11.8 Å². The van der Waals surface area contributed by atoms with Gasteiger partial charge in [0.1, 0.15) is 5.82 Å². The van der Waals surface area contributed by atoms with Crippen molar-refractivity contribution in [3.8, 4) is 6.01 Å². The zero-order valence-corrected chi connectivity index (χ0v) is 13.7. The Balaban J connectivity index is 1.48. The van der Waals surface area contributed by atoms with Crippen molar-refractivity contribution in [2.45, 2.75) is 25.7 Å². The van der Waals surface area contributed by atoms with Gasteiger partial charge in [0.25, 0.3) is 0 Å². The zero-order chi connectivity index (χ0) is 16.1. The minimum absolute atomic E-state index is 0.0908. The third-order valence-electron chi connectivity index (χ3n) is 4.59. The van der Waals surface area contributed by atoms with Gasteiger partial charge in [-0.15, -0.1) is 0 Å². The molecule has 1 N–H and O–H groups in total. The first-order chi connectivity index (χ1) is 11.2. The molecule has 0 radical (unpaired) electrons. The minimum atomic E-state index is -0.0908. The molecule has 2 aliphatic heterocycles. The number of methoxy groups -OCH3 is 1. The number of ether oxygens (including phenoxy) is 1. The minimum Gasteiger partial charge on any atom is -0.467 e. The van der Waals surface area contributed by atoms with Gasteiger partial charge in [-0.3, -0.25) is 5.32 Å². The predicted molar refractivity (Wildman–Crippen MR) is 87.6 cm³/mol. The van der Waals surface area contributed by atoms with Crippen molar-refractivity contribution in [2.75, 3.05) is 45.2 Å². The Kier molecular flexibility index (Phi) is 5.27. The molecule has 2 aliphatic rings. The Morgan fingerprint density at radius 3 is 2.96 bits per heavy atom. The number of rotatable bonds is 4. The standard InChI is InChI=1S/C16H25N5O2/c1-23-15-17-7-5-14(18-15)19-16(22)21-10-6-13(12-21)11-20-8-3-2-4-9-20/h5,7,13H,2-4,6,8-12H2,1H3,(H,17,18,19,22)/t13-/m0/s1. The number of hydrogen-bond donors (Lipinski definition) is 1. The Hall–Kier alpha value is -1.89. The highest BCUT2D eigenvalue weighted by Gasteiger charge is 2.28. The SMILES string of the molecule is COc1nccc(NC(=O)N2CC[C@@H](CN3CCCCC3)C2)n1. The molecule has 0 saturated carbocycles. The van der Waals surface area contributed by atoms with Gasteiger partial charge in [0.15, 0.2) is 0 Å². The van der Waals surface area contributed by atoms with E-state index in [1.165, 1.54) is 39.5 Å². The number of carbonyl (C=O) groups is 1. The molecule has 126 valence electrons. The monoisotopic (exact) mass is 319 g/mol. The third kappa shape index (κ3) is 4.31. The number of nitrogens with zero attached hydrogens (tertiary/aromatic N) is 4. The summed E-state index contributed by atoms with van der Waals surface area (Å²) in [6.45, 7) is 5.18. The van der Waals surface area contributed by atoms with Crippen LogP contribution >= 0.6 is 0 Å². The smallest absolute Gasteiger partial charge is 0.323 e. The molecular weight excluding hydrogens is 294 g/mol. The van der Waals surface area contributed by atoms with Crippen LogP contribution < -0.4 is 10.1 Å². The van der Waals surface area contributed by atoms with E-state index >= 15 is 0 Å². The van der Waals surface area contributed by atoms with Gasteiger partial charge in [-0.2, -0.15) is 4.98 Å². The molecular formula is C16H25N5O2. The molecule has 7 nitrogen and oxygen atoms in total. The number of amides is 2. The Morgan fingerprint density at radius 2 is 2.17 bits per heavy atom. The van der Waals surface area contributed by atoms with Crippen LogP contribution in [-0.4, -0.2) is 65.6 Å². The van der Waals surface area contributed by atoms with Crippen LogP contribution in [0.4, 0.5) is 10.6 Å². The topological polar surface area (TPSA) is 70.6 Å². The first kappa shape index (κ1) is 16.0. The van der Waals surface area contributed by atoms with Crippen LogP contribution in [0, 0.1) is 5.92 Å². The lowest BCUT2D eigenvalue weighted by atomic mass is 10.1. The summed E-state index contributed by atoms with van der Waals surface area (Å²) in [6.07, 6.45) is 6.64. The van der Waals surface area contributed by atoms with Crippen LogP contribution in [-0.2, 0) is 0 Å². The number of piperidine rings is 1. The second-order valence-corrected chi connectivity index (χ2v) is 6.32. The maximum atomic E-state index is 12.4. The van der Waals surface area contributed by atoms with Crippen LogP contribution in [0.25, 0.3) is 0 Å². The van der Waals surface area contributed by atoms with E-state index in [4.69, 9.17) is 4.74 Å². The Bertz CT molecular complexity index is 533. The van der Waals surface area contributed by atoms with Gasteiger partial charge in [0.2, 0.25) is 0 Å². The lowest BCUT2D eigenvalue weighted by Crippen LogP contribution is -2.37. The summed E-state index contributed by atoms with van der Waals surface area (Å²) < 4.78 is 4.97. The van der Waals surface area contributed by atoms with Gasteiger partial charge in [-0.25, -0.2) is 9.78 Å². The average Bonchev–Trinajstić information content (AvgIpc) is 3.04. The molecule has 7 heteroatoms. The van der Waals surface area contributed by atoms with Crippen molar-refractivity contribution < 1.29 is 9.53 Å². The van der Waals surface area contributed by atoms with Crippen molar-refractivity contribution in [3.05, 3.63) is 12.3 Å². The molecule has 1 aromatic heterocycles. The van der Waals surface area contributed by atoms with Crippen molar-refractivity contribution in [2.24, 2.45) is 5.92 Å². The van der Waals surface area contributed by atoms with Gasteiger partial charge >= 0.3 is 12.0 Å². The molecule has 1 aromatic rings. The molecule has 2 saturated heterocycles. The van der Waals surface area contributed by atoms with Crippen molar-refractivity contribution in [1.29, 1.82) is 0 Å². The highest BCUT2D eigenvalue weighted by Crippen LogP contribution is 2.20. The van der Waals surface area contributed by atoms with E-state index in [-0.39, 0.29) is 12.0 Å². The van der Waals surface area contributed by atoms with Gasteiger partial charge in [0.05, 0.1) is 7.11 Å². The maximum Gasteiger partial charge on any atom is 0.323 e. The Labute approximate surface area is 137 Å². The lowest BCUT2D eigenvalue weighted by molar-refractivity contribution is 0.192. The number of carbonyl (C=O) groups excluding carboxylic acids is 1. The van der Waals surface area contributed by atoms with Gasteiger partial charge in [0, 0.05) is 25.8 Å². The lowest BCUT2D eigenvalue weighted by Gasteiger charge is -2.28. The van der Waals surface area contributed by atoms with E-state index in [0.29, 0.717) is 11.7 Å². The molecule has 2 fully saturated rings. The number of urea groups is 1. The summed E-state index contributed by atoms with van der Waals surface area (Å²) in [5.41, 5.74) is 0. The zero-order valence-electron chi connectivity index (χ0n) is 13.7. The molecule has 3 heterocycles. The molecule has 0 aliphatic carbocycles. The molecule has 0 unspecified atom stereocenters. The molecule has 23 heavy (non-hydrogen) atoms. The summed E-state index contributed by atoms with van der Waals surface area (Å²) in [5.74, 6) is 1.06. The van der Waals surface area contributed by atoms with Gasteiger partial charge in [-0.1, -0.05) is 6.42 Å². The Morgan fingerprint density at radius 1 is 1.35 bits per heavy atom. The summed E-state index contributed by atoms with van der Waals surface area (Å²) in [5, 5.41) is 2.83. The van der Waals surface area contributed by atoms with Crippen molar-refractivity contribution in [1.82, 2.24) is 19.8 Å². The van der Waals surface area contributed by atoms with E-state index in [1.54, 1.807) is 12.3 Å². The van der Waals surface area contributed by atoms with Crippen LogP contribution in [0.15, 0.2) is 12.3 Å². The summed E-state index contributed by atoms with van der Waals surface area (Å²) in [7, 11) is 1.51. The van der Waals surface area contributed by atoms with E-state index < -0.39 is 0 Å². The second kappa shape index (κ2) is 7.59. The van der Waals surface area contributed by atoms with Crippen LogP contribution in [0.2, 0.25) is 0 Å². The van der Waals surface area contributed by atoms with E-state index in [0.717, 1.165) is 26.1 Å². The number of nitrogens with one attached hydrogen (secondary N) is 1. The highest BCUT2D eigenvalue weighted by molar-refractivity contribution is 5.88. The summed E-state index contributed by atoms with van der Waals surface area (Å²) >= 11 is 0. The molecule has 3 rings (SSSR count). The largest absolute Gasteiger partial charge is 0.467 e. The predicted octanol–water partition coefficient (Wildman–Crippen LogP) is 1.82. The number of aromatic nitrogens is 2. The maximum absolute atomic E-state index is 12.4. The van der Waals surface area contributed by atoms with Crippen LogP contribution in [0.1, 0.15) is 25.7 Å². The summed E-state index contributed by atoms with van der Waals surface area (Å²) in [4.78, 5) is 24.8. The highest BCUT2D eigenvalue weighted by atomic mass is 16.5. The molecule has 0 spiro atoms. The van der Waals surface area contributed by atoms with Gasteiger partial charge in [-0.05, 0) is 44.3 Å². The third-order valence-corrected chi connectivity index (χ3v) is 4.59. The molecule has 0 bridgehead atoms. The fourth-order valence-corrected chi connectivity index (χ4v) is 3.37. The first-order valence-corrected chi connectivity index (χ1v) is 8.40. The molecule has 2 amide bonds. The van der Waals surface area contributed by atoms with E-state index in [2.05, 4.69) is 20.2 Å². The fraction of sp³-hybridized carbons (Fsp3) is 0.688. The first-order valence-electron chi connectivity index (χ1n) is 8.40. The number of likely N-dealkylation sites (tertiary alicyclic amines) is 2. The second-order valence-electron chi connectivity index (χ2n) is 6.32. The fourth-order valence-electron chi connectivity index (χ4n) is 3.37. The summed E-state index contributed by atoms with van der Waals surface area (Å²) in [6, 6.07) is 1.83. The van der Waals surface area contributed by atoms with Crippen LogP contribution in [0.5, 0.6) is 6.01 Å². The molecule has 0 aromatic carbocycles. The van der Waals surface area contributed by atoms with Crippen LogP contribution in [0.3, 0.4) is 0 Å². The number of anilines is 1. The number of hydrogen-bond acceptors (Lipinski definition) is 5. The molecule has 1 atom stereocenters. The average molecular weight is 319 g/mol. The quantitative estimate of drug-likeness (QED) is 0.917. The van der Waals surface area contributed by atoms with Crippen molar-refractivity contribution in [3.63, 3.8) is 0 Å².